The molecular formula is C12H15ClN2O. The monoisotopic (exact) mass is 238 g/mol. The second-order valence-corrected chi connectivity index (χ2v) is 4.41. The first kappa shape index (κ1) is 11.3. The second kappa shape index (κ2) is 4.34. The topological polar surface area (TPSA) is 38.0 Å². The molecule has 3 nitrogen and oxygen atoms in total. The number of nitrogens with zero attached hydrogens (tertiary/aromatic N) is 2. The minimum Gasteiger partial charge on any atom is -0.505 e. The zero-order valence-electron chi connectivity index (χ0n) is 9.50. The number of benzene rings is 1. The summed E-state index contributed by atoms with van der Waals surface area (Å²) in [7, 11) is 0. The highest BCUT2D eigenvalue weighted by atomic mass is 35.5. The number of hydrogen-bond acceptors (Lipinski definition) is 2. The van der Waals surface area contributed by atoms with Crippen LogP contribution in [-0.4, -0.2) is 20.5 Å². The van der Waals surface area contributed by atoms with Crippen LogP contribution in [0, 0.1) is 13.8 Å². The number of halogens is 1. The summed E-state index contributed by atoms with van der Waals surface area (Å²) in [6.07, 6.45) is 2.64. The van der Waals surface area contributed by atoms with E-state index in [0.29, 0.717) is 11.6 Å². The molecule has 4 heteroatoms. The molecule has 0 aliphatic carbocycles. The van der Waals surface area contributed by atoms with Crippen molar-refractivity contribution >= 4 is 22.6 Å². The van der Waals surface area contributed by atoms with Crippen LogP contribution in [0.25, 0.3) is 11.0 Å². The van der Waals surface area contributed by atoms with Crippen molar-refractivity contribution in [1.29, 1.82) is 0 Å². The standard InChI is InChI=1S/C12H15ClN2O/c1-8-6-9(2)12(16)11-10(8)14-7-15(11)5-3-4-13/h6-7,16H,3-5H2,1-2H3. The number of imidazole rings is 1. The van der Waals surface area contributed by atoms with Crippen molar-refractivity contribution in [2.45, 2.75) is 26.8 Å². The Morgan fingerprint density at radius 3 is 2.81 bits per heavy atom. The summed E-state index contributed by atoms with van der Waals surface area (Å²) in [5.41, 5.74) is 3.67. The van der Waals surface area contributed by atoms with Crippen molar-refractivity contribution in [3.05, 3.63) is 23.5 Å². The van der Waals surface area contributed by atoms with Crippen molar-refractivity contribution in [2.75, 3.05) is 5.88 Å². The molecule has 1 aromatic heterocycles. The van der Waals surface area contributed by atoms with E-state index in [1.54, 1.807) is 6.33 Å². The molecular weight excluding hydrogens is 224 g/mol. The fraction of sp³-hybridized carbons (Fsp3) is 0.417. The molecule has 2 aromatic rings. The van der Waals surface area contributed by atoms with Gasteiger partial charge in [0.15, 0.2) is 0 Å². The van der Waals surface area contributed by atoms with Crippen LogP contribution in [0.3, 0.4) is 0 Å². The SMILES string of the molecule is Cc1cc(C)c2ncn(CCCCl)c2c1O. The number of aromatic nitrogens is 2. The molecule has 1 heterocycles. The maximum Gasteiger partial charge on any atom is 0.144 e. The molecule has 0 radical (unpaired) electrons. The minimum absolute atomic E-state index is 0.327. The Morgan fingerprint density at radius 2 is 2.12 bits per heavy atom. The van der Waals surface area contributed by atoms with E-state index in [1.807, 2.05) is 24.5 Å². The van der Waals surface area contributed by atoms with Gasteiger partial charge in [-0.05, 0) is 31.4 Å². The maximum atomic E-state index is 10.1. The van der Waals surface area contributed by atoms with E-state index in [9.17, 15) is 5.11 Å². The van der Waals surface area contributed by atoms with Gasteiger partial charge in [0.05, 0.1) is 11.8 Å². The van der Waals surface area contributed by atoms with Gasteiger partial charge in [0.2, 0.25) is 0 Å². The first-order chi connectivity index (χ1) is 7.65. The van der Waals surface area contributed by atoms with Gasteiger partial charge in [-0.2, -0.15) is 0 Å². The molecule has 0 aliphatic rings. The molecule has 0 atom stereocenters. The molecule has 0 spiro atoms. The average molecular weight is 239 g/mol. The molecule has 1 aromatic carbocycles. The number of phenolic OH excluding ortho intramolecular Hbond substituents is 1. The first-order valence-corrected chi connectivity index (χ1v) is 5.88. The normalized spacial score (nSPS) is 11.2. The van der Waals surface area contributed by atoms with Gasteiger partial charge in [-0.15, -0.1) is 11.6 Å². The third-order valence-electron chi connectivity index (χ3n) is 2.77. The van der Waals surface area contributed by atoms with Crippen LogP contribution in [0.1, 0.15) is 17.5 Å². The van der Waals surface area contributed by atoms with Crippen molar-refractivity contribution in [2.24, 2.45) is 0 Å². The van der Waals surface area contributed by atoms with Crippen molar-refractivity contribution in [3.8, 4) is 5.75 Å². The zero-order valence-corrected chi connectivity index (χ0v) is 10.3. The van der Waals surface area contributed by atoms with Gasteiger partial charge in [0.25, 0.3) is 0 Å². The number of fused-ring (bicyclic) bond motifs is 1. The van der Waals surface area contributed by atoms with Gasteiger partial charge >= 0.3 is 0 Å². The van der Waals surface area contributed by atoms with Gasteiger partial charge in [-0.25, -0.2) is 4.98 Å². The first-order valence-electron chi connectivity index (χ1n) is 5.35. The van der Waals surface area contributed by atoms with Crippen LogP contribution in [0.2, 0.25) is 0 Å². The van der Waals surface area contributed by atoms with Gasteiger partial charge in [0, 0.05) is 12.4 Å². The fourth-order valence-electron chi connectivity index (χ4n) is 1.97. The average Bonchev–Trinajstić information content (AvgIpc) is 2.67. The highest BCUT2D eigenvalue weighted by Crippen LogP contribution is 2.30. The van der Waals surface area contributed by atoms with Crippen molar-refractivity contribution in [1.82, 2.24) is 9.55 Å². The summed E-state index contributed by atoms with van der Waals surface area (Å²) in [5, 5.41) is 10.1. The number of phenols is 1. The van der Waals surface area contributed by atoms with Crippen LogP contribution < -0.4 is 0 Å². The Balaban J connectivity index is 2.60. The highest BCUT2D eigenvalue weighted by molar-refractivity contribution is 6.17. The fourth-order valence-corrected chi connectivity index (χ4v) is 2.09. The van der Waals surface area contributed by atoms with E-state index < -0.39 is 0 Å². The molecule has 0 bridgehead atoms. The Morgan fingerprint density at radius 1 is 1.38 bits per heavy atom. The Labute approximate surface area is 99.7 Å². The Bertz CT molecular complexity index is 519. The molecule has 0 fully saturated rings. The number of rotatable bonds is 3. The second-order valence-electron chi connectivity index (χ2n) is 4.04. The molecule has 0 saturated carbocycles. The molecule has 0 aliphatic heterocycles. The van der Waals surface area contributed by atoms with E-state index >= 15 is 0 Å². The number of alkyl halides is 1. The van der Waals surface area contributed by atoms with Crippen LogP contribution in [-0.2, 0) is 6.54 Å². The third kappa shape index (κ3) is 1.76. The van der Waals surface area contributed by atoms with E-state index in [4.69, 9.17) is 11.6 Å². The predicted molar refractivity (Wildman–Crippen MR) is 66.2 cm³/mol. The number of hydrogen-bond donors (Lipinski definition) is 1. The lowest BCUT2D eigenvalue weighted by Gasteiger charge is -2.07. The molecule has 1 N–H and O–H groups in total. The smallest absolute Gasteiger partial charge is 0.144 e. The number of aryl methyl sites for hydroxylation is 3. The van der Waals surface area contributed by atoms with Gasteiger partial charge in [-0.3, -0.25) is 0 Å². The van der Waals surface area contributed by atoms with Crippen LogP contribution in [0.5, 0.6) is 5.75 Å². The Hall–Kier alpha value is -1.22. The zero-order chi connectivity index (χ0) is 11.7. The molecule has 0 saturated heterocycles. The minimum atomic E-state index is 0.327. The van der Waals surface area contributed by atoms with E-state index in [1.165, 1.54) is 0 Å². The third-order valence-corrected chi connectivity index (χ3v) is 3.04. The van der Waals surface area contributed by atoms with Gasteiger partial charge in [0.1, 0.15) is 11.3 Å². The lowest BCUT2D eigenvalue weighted by molar-refractivity contribution is 0.473. The summed E-state index contributed by atoms with van der Waals surface area (Å²) < 4.78 is 1.97. The molecule has 86 valence electrons. The summed E-state index contributed by atoms with van der Waals surface area (Å²) in [6, 6.07) is 1.95. The largest absolute Gasteiger partial charge is 0.505 e. The van der Waals surface area contributed by atoms with Gasteiger partial charge < -0.3 is 9.67 Å². The summed E-state index contributed by atoms with van der Waals surface area (Å²) in [6.45, 7) is 4.70. The van der Waals surface area contributed by atoms with E-state index in [-0.39, 0.29) is 0 Å². The highest BCUT2D eigenvalue weighted by Gasteiger charge is 2.12. The summed E-state index contributed by atoms with van der Waals surface area (Å²) >= 11 is 5.68. The number of aromatic hydroxyl groups is 1. The van der Waals surface area contributed by atoms with E-state index in [2.05, 4.69) is 4.98 Å². The quantitative estimate of drug-likeness (QED) is 0.835. The van der Waals surface area contributed by atoms with Gasteiger partial charge in [-0.1, -0.05) is 6.07 Å². The predicted octanol–water partition coefficient (Wildman–Crippen LogP) is 2.99. The summed E-state index contributed by atoms with van der Waals surface area (Å²) in [5.74, 6) is 0.943. The molecule has 2 rings (SSSR count). The molecule has 0 amide bonds. The van der Waals surface area contributed by atoms with Crippen LogP contribution >= 0.6 is 11.6 Å². The van der Waals surface area contributed by atoms with Crippen molar-refractivity contribution in [3.63, 3.8) is 0 Å². The van der Waals surface area contributed by atoms with Crippen molar-refractivity contribution < 1.29 is 5.11 Å². The molecule has 0 unspecified atom stereocenters. The maximum absolute atomic E-state index is 10.1. The lowest BCUT2D eigenvalue weighted by atomic mass is 10.1. The van der Waals surface area contributed by atoms with E-state index in [0.717, 1.165) is 35.1 Å². The Kier molecular flexibility index (Phi) is 3.06. The van der Waals surface area contributed by atoms with Crippen LogP contribution in [0.15, 0.2) is 12.4 Å². The molecule has 16 heavy (non-hydrogen) atoms. The summed E-state index contributed by atoms with van der Waals surface area (Å²) in [4.78, 5) is 4.33. The lowest BCUT2D eigenvalue weighted by Crippen LogP contribution is -1.97. The van der Waals surface area contributed by atoms with Crippen LogP contribution in [0.4, 0.5) is 0 Å².